The number of carbonyl (C=O) groups excluding carboxylic acids is 1. The lowest BCUT2D eigenvalue weighted by Crippen LogP contribution is -2.22. The summed E-state index contributed by atoms with van der Waals surface area (Å²) in [4.78, 5) is 13.6. The van der Waals surface area contributed by atoms with Gasteiger partial charge < -0.3 is 4.79 Å². The SMILES string of the molecule is O=CC1c2c(I)cc(Cl)cc2CN1Cc1ccc(F)cc1. The molecule has 1 aliphatic rings. The van der Waals surface area contributed by atoms with E-state index in [0.717, 1.165) is 26.5 Å². The summed E-state index contributed by atoms with van der Waals surface area (Å²) in [5, 5.41) is 0.687. The number of rotatable bonds is 3. The molecule has 0 aliphatic carbocycles. The molecule has 5 heteroatoms. The fourth-order valence-corrected chi connectivity index (χ4v) is 4.16. The highest BCUT2D eigenvalue weighted by atomic mass is 127. The summed E-state index contributed by atoms with van der Waals surface area (Å²) in [7, 11) is 0. The van der Waals surface area contributed by atoms with E-state index in [1.165, 1.54) is 12.1 Å². The Kier molecular flexibility index (Phi) is 4.28. The zero-order valence-corrected chi connectivity index (χ0v) is 13.9. The first kappa shape index (κ1) is 14.9. The average Bonchev–Trinajstić information content (AvgIpc) is 2.78. The van der Waals surface area contributed by atoms with Gasteiger partial charge in [-0.3, -0.25) is 4.90 Å². The van der Waals surface area contributed by atoms with Crippen LogP contribution in [-0.2, 0) is 17.9 Å². The van der Waals surface area contributed by atoms with Crippen molar-refractivity contribution in [3.05, 3.63) is 67.5 Å². The Morgan fingerprint density at radius 3 is 2.71 bits per heavy atom. The molecule has 2 aromatic rings. The zero-order chi connectivity index (χ0) is 15.0. The predicted molar refractivity (Wildman–Crippen MR) is 88.6 cm³/mol. The summed E-state index contributed by atoms with van der Waals surface area (Å²) in [5.41, 5.74) is 3.11. The van der Waals surface area contributed by atoms with Crippen LogP contribution in [0, 0.1) is 9.39 Å². The van der Waals surface area contributed by atoms with Crippen LogP contribution in [0.4, 0.5) is 4.39 Å². The molecule has 0 bridgehead atoms. The van der Waals surface area contributed by atoms with Crippen molar-refractivity contribution in [1.82, 2.24) is 4.90 Å². The van der Waals surface area contributed by atoms with Crippen molar-refractivity contribution in [2.24, 2.45) is 0 Å². The van der Waals surface area contributed by atoms with Crippen molar-refractivity contribution in [2.75, 3.05) is 0 Å². The molecule has 1 atom stereocenters. The third-order valence-electron chi connectivity index (χ3n) is 3.67. The van der Waals surface area contributed by atoms with E-state index in [1.807, 2.05) is 12.1 Å². The Balaban J connectivity index is 1.90. The molecule has 0 spiro atoms. The third kappa shape index (κ3) is 2.98. The summed E-state index contributed by atoms with van der Waals surface area (Å²) in [6.45, 7) is 1.28. The molecule has 1 aliphatic heterocycles. The van der Waals surface area contributed by atoms with E-state index in [0.29, 0.717) is 18.1 Å². The van der Waals surface area contributed by atoms with E-state index < -0.39 is 0 Å². The van der Waals surface area contributed by atoms with Crippen LogP contribution in [-0.4, -0.2) is 11.2 Å². The molecule has 2 nitrogen and oxygen atoms in total. The predicted octanol–water partition coefficient (Wildman–Crippen LogP) is 4.34. The van der Waals surface area contributed by atoms with Gasteiger partial charge in [0.2, 0.25) is 0 Å². The Morgan fingerprint density at radius 2 is 2.05 bits per heavy atom. The second kappa shape index (κ2) is 6.02. The molecule has 0 aromatic heterocycles. The van der Waals surface area contributed by atoms with Crippen molar-refractivity contribution in [1.29, 1.82) is 0 Å². The lowest BCUT2D eigenvalue weighted by atomic mass is 10.1. The fraction of sp³-hybridized carbons (Fsp3) is 0.188. The Labute approximate surface area is 141 Å². The Hall–Kier alpha value is -0.980. The summed E-state index contributed by atoms with van der Waals surface area (Å²) < 4.78 is 14.0. The molecular formula is C16H12ClFINO. The molecule has 0 radical (unpaired) electrons. The van der Waals surface area contributed by atoms with Crippen molar-refractivity contribution in [3.63, 3.8) is 0 Å². The maximum atomic E-state index is 13.0. The quantitative estimate of drug-likeness (QED) is 0.549. The summed E-state index contributed by atoms with van der Waals surface area (Å²) in [6.07, 6.45) is 0.964. The van der Waals surface area contributed by atoms with E-state index >= 15 is 0 Å². The number of nitrogens with zero attached hydrogens (tertiary/aromatic N) is 1. The topological polar surface area (TPSA) is 20.3 Å². The molecule has 21 heavy (non-hydrogen) atoms. The first-order chi connectivity index (χ1) is 10.1. The molecule has 0 N–H and O–H groups in total. The highest BCUT2D eigenvalue weighted by molar-refractivity contribution is 14.1. The van der Waals surface area contributed by atoms with Crippen LogP contribution in [0.2, 0.25) is 5.02 Å². The molecule has 0 saturated carbocycles. The minimum atomic E-state index is -0.269. The van der Waals surface area contributed by atoms with Gasteiger partial charge in [0, 0.05) is 21.7 Å². The van der Waals surface area contributed by atoms with Gasteiger partial charge in [-0.25, -0.2) is 4.39 Å². The number of hydrogen-bond acceptors (Lipinski definition) is 2. The normalized spacial score (nSPS) is 17.8. The van der Waals surface area contributed by atoms with Gasteiger partial charge in [0.25, 0.3) is 0 Å². The van der Waals surface area contributed by atoms with Gasteiger partial charge in [0.05, 0.1) is 6.04 Å². The van der Waals surface area contributed by atoms with Crippen LogP contribution in [0.25, 0.3) is 0 Å². The Bertz CT molecular complexity index is 689. The molecule has 3 rings (SSSR count). The van der Waals surface area contributed by atoms with Crippen LogP contribution in [0.15, 0.2) is 36.4 Å². The molecule has 1 heterocycles. The van der Waals surface area contributed by atoms with Gasteiger partial charge in [-0.2, -0.15) is 0 Å². The van der Waals surface area contributed by atoms with E-state index in [9.17, 15) is 9.18 Å². The van der Waals surface area contributed by atoms with Crippen LogP contribution in [0.5, 0.6) is 0 Å². The molecule has 0 fully saturated rings. The molecule has 2 aromatic carbocycles. The zero-order valence-electron chi connectivity index (χ0n) is 11.0. The summed E-state index contributed by atoms with van der Waals surface area (Å²) in [5.74, 6) is -0.253. The summed E-state index contributed by atoms with van der Waals surface area (Å²) >= 11 is 8.31. The minimum Gasteiger partial charge on any atom is -0.301 e. The molecule has 0 saturated heterocycles. The van der Waals surface area contributed by atoms with Crippen molar-refractivity contribution in [2.45, 2.75) is 19.1 Å². The monoisotopic (exact) mass is 415 g/mol. The highest BCUT2D eigenvalue weighted by Crippen LogP contribution is 2.38. The van der Waals surface area contributed by atoms with Crippen molar-refractivity contribution < 1.29 is 9.18 Å². The van der Waals surface area contributed by atoms with Crippen LogP contribution in [0.1, 0.15) is 22.7 Å². The van der Waals surface area contributed by atoms with Crippen LogP contribution in [0.3, 0.4) is 0 Å². The second-order valence-corrected chi connectivity index (χ2v) is 6.67. The average molecular weight is 416 g/mol. The van der Waals surface area contributed by atoms with Gasteiger partial charge in [0.15, 0.2) is 0 Å². The largest absolute Gasteiger partial charge is 0.301 e. The first-order valence-corrected chi connectivity index (χ1v) is 7.96. The molecule has 1 unspecified atom stereocenters. The number of hydrogen-bond donors (Lipinski definition) is 0. The van der Waals surface area contributed by atoms with E-state index in [4.69, 9.17) is 11.6 Å². The van der Waals surface area contributed by atoms with E-state index in [-0.39, 0.29) is 11.9 Å². The first-order valence-electron chi connectivity index (χ1n) is 6.50. The standard InChI is InChI=1S/C16H12ClFINO/c17-12-5-11-8-20(7-10-1-3-13(18)4-2-10)15(9-21)16(11)14(19)6-12/h1-6,9,15H,7-8H2. The number of benzene rings is 2. The highest BCUT2D eigenvalue weighted by Gasteiger charge is 2.32. The smallest absolute Gasteiger partial charge is 0.141 e. The lowest BCUT2D eigenvalue weighted by Gasteiger charge is -2.20. The van der Waals surface area contributed by atoms with Crippen molar-refractivity contribution >= 4 is 40.5 Å². The van der Waals surface area contributed by atoms with Crippen LogP contribution >= 0.6 is 34.2 Å². The van der Waals surface area contributed by atoms with Gasteiger partial charge in [-0.15, -0.1) is 0 Å². The maximum Gasteiger partial charge on any atom is 0.141 e. The van der Waals surface area contributed by atoms with Crippen molar-refractivity contribution in [3.8, 4) is 0 Å². The Morgan fingerprint density at radius 1 is 1.33 bits per heavy atom. The molecular weight excluding hydrogens is 404 g/mol. The number of aldehydes is 1. The van der Waals surface area contributed by atoms with Crippen LogP contribution < -0.4 is 0 Å². The fourth-order valence-electron chi connectivity index (χ4n) is 2.73. The van der Waals surface area contributed by atoms with E-state index in [1.54, 1.807) is 12.1 Å². The third-order valence-corrected chi connectivity index (χ3v) is 4.78. The van der Waals surface area contributed by atoms with Gasteiger partial charge in [-0.05, 0) is 63.5 Å². The minimum absolute atomic E-state index is 0.253. The number of halogens is 3. The second-order valence-electron chi connectivity index (χ2n) is 5.07. The lowest BCUT2D eigenvalue weighted by molar-refractivity contribution is -0.112. The molecule has 108 valence electrons. The van der Waals surface area contributed by atoms with E-state index in [2.05, 4.69) is 27.5 Å². The summed E-state index contributed by atoms with van der Waals surface area (Å²) in [6, 6.07) is 9.90. The number of carbonyl (C=O) groups is 1. The maximum absolute atomic E-state index is 13.0. The van der Waals surface area contributed by atoms with Gasteiger partial charge in [0.1, 0.15) is 12.1 Å². The number of fused-ring (bicyclic) bond motifs is 1. The van der Waals surface area contributed by atoms with Gasteiger partial charge in [-0.1, -0.05) is 23.7 Å². The molecule has 0 amide bonds. The van der Waals surface area contributed by atoms with Gasteiger partial charge >= 0.3 is 0 Å².